The summed E-state index contributed by atoms with van der Waals surface area (Å²) in [4.78, 5) is 11.4. The molecule has 0 aliphatic heterocycles. The highest BCUT2D eigenvalue weighted by Gasteiger charge is 2.29. The molecule has 0 saturated carbocycles. The number of sulfonamides is 1. The van der Waals surface area contributed by atoms with Crippen molar-refractivity contribution in [2.75, 3.05) is 13.6 Å². The lowest BCUT2D eigenvalue weighted by atomic mass is 9.93. The number of hydrogen-bond donors (Lipinski definition) is 3. The maximum Gasteiger partial charge on any atom is 0.241 e. The molecule has 1 rings (SSSR count). The molecule has 21 heavy (non-hydrogen) atoms. The lowest BCUT2D eigenvalue weighted by Gasteiger charge is -2.23. The van der Waals surface area contributed by atoms with Gasteiger partial charge in [0.25, 0.3) is 0 Å². The van der Waals surface area contributed by atoms with Gasteiger partial charge in [0.2, 0.25) is 15.9 Å². The summed E-state index contributed by atoms with van der Waals surface area (Å²) in [5.41, 5.74) is 4.39. The van der Waals surface area contributed by atoms with E-state index in [0.717, 1.165) is 6.07 Å². The molecule has 0 fully saturated rings. The van der Waals surface area contributed by atoms with Crippen LogP contribution in [0.4, 0.5) is 4.39 Å². The molecule has 0 radical (unpaired) electrons. The largest absolute Gasteiger partial charge is 0.359 e. The zero-order chi connectivity index (χ0) is 16.3. The van der Waals surface area contributed by atoms with Crippen LogP contribution in [0.5, 0.6) is 0 Å². The molecule has 0 atom stereocenters. The third-order valence-electron chi connectivity index (χ3n) is 3.12. The zero-order valence-corrected chi connectivity index (χ0v) is 13.1. The van der Waals surface area contributed by atoms with Crippen LogP contribution in [0.1, 0.15) is 19.4 Å². The van der Waals surface area contributed by atoms with Crippen molar-refractivity contribution in [1.29, 1.82) is 0 Å². The van der Waals surface area contributed by atoms with Gasteiger partial charge < -0.3 is 11.1 Å². The Morgan fingerprint density at radius 3 is 2.52 bits per heavy atom. The Hall–Kier alpha value is -1.51. The van der Waals surface area contributed by atoms with Gasteiger partial charge in [-0.05, 0) is 26.0 Å². The number of amides is 1. The number of halogens is 1. The number of hydrogen-bond acceptors (Lipinski definition) is 4. The zero-order valence-electron chi connectivity index (χ0n) is 12.2. The highest BCUT2D eigenvalue weighted by atomic mass is 32.2. The van der Waals surface area contributed by atoms with Crippen molar-refractivity contribution >= 4 is 15.9 Å². The predicted octanol–water partition coefficient (Wildman–Crippen LogP) is 0.335. The van der Waals surface area contributed by atoms with Crippen molar-refractivity contribution in [3.8, 4) is 0 Å². The fraction of sp³-hybridized carbons (Fsp3) is 0.462. The van der Waals surface area contributed by atoms with Gasteiger partial charge >= 0.3 is 0 Å². The van der Waals surface area contributed by atoms with Crippen molar-refractivity contribution in [1.82, 2.24) is 10.0 Å². The molecule has 0 aliphatic carbocycles. The van der Waals surface area contributed by atoms with E-state index in [0.29, 0.717) is 0 Å². The molecular formula is C13H20FN3O3S. The Balaban J connectivity index is 3.04. The highest BCUT2D eigenvalue weighted by Crippen LogP contribution is 2.20. The van der Waals surface area contributed by atoms with Gasteiger partial charge in [0, 0.05) is 25.7 Å². The van der Waals surface area contributed by atoms with Gasteiger partial charge in [0.15, 0.2) is 0 Å². The first kappa shape index (κ1) is 17.5. The molecule has 0 aliphatic rings. The second kappa shape index (κ2) is 6.50. The van der Waals surface area contributed by atoms with E-state index in [4.69, 9.17) is 5.73 Å². The lowest BCUT2D eigenvalue weighted by molar-refractivity contribution is -0.128. The van der Waals surface area contributed by atoms with Gasteiger partial charge in [-0.15, -0.1) is 0 Å². The quantitative estimate of drug-likeness (QED) is 0.704. The summed E-state index contributed by atoms with van der Waals surface area (Å²) in [6, 6.07) is 3.73. The van der Waals surface area contributed by atoms with E-state index in [1.54, 1.807) is 13.8 Å². The molecule has 6 nitrogen and oxygen atoms in total. The first-order valence-electron chi connectivity index (χ1n) is 6.35. The van der Waals surface area contributed by atoms with Crippen molar-refractivity contribution in [3.05, 3.63) is 29.6 Å². The average Bonchev–Trinajstić information content (AvgIpc) is 2.44. The number of carbonyl (C=O) groups is 1. The minimum atomic E-state index is -3.95. The predicted molar refractivity (Wildman–Crippen MR) is 77.3 cm³/mol. The van der Waals surface area contributed by atoms with Crippen LogP contribution in [0.15, 0.2) is 23.1 Å². The first-order valence-corrected chi connectivity index (χ1v) is 7.83. The minimum absolute atomic E-state index is 0.0808. The summed E-state index contributed by atoms with van der Waals surface area (Å²) in [5.74, 6) is -0.977. The Morgan fingerprint density at radius 1 is 1.38 bits per heavy atom. The number of carbonyl (C=O) groups excluding carboxylic acids is 1. The summed E-state index contributed by atoms with van der Waals surface area (Å²) in [7, 11) is -2.48. The molecule has 1 aromatic rings. The third-order valence-corrected chi connectivity index (χ3v) is 4.60. The average molecular weight is 317 g/mol. The molecule has 0 aromatic heterocycles. The molecule has 1 amide bonds. The topological polar surface area (TPSA) is 101 Å². The van der Waals surface area contributed by atoms with E-state index in [1.165, 1.54) is 19.2 Å². The fourth-order valence-corrected chi connectivity index (χ4v) is 3.23. The van der Waals surface area contributed by atoms with E-state index in [-0.39, 0.29) is 29.5 Å². The van der Waals surface area contributed by atoms with Gasteiger partial charge in [0.05, 0.1) is 10.3 Å². The molecule has 4 N–H and O–H groups in total. The molecular weight excluding hydrogens is 297 g/mol. The maximum atomic E-state index is 13.6. The number of benzene rings is 1. The second-order valence-corrected chi connectivity index (χ2v) is 6.94. The Kier molecular flexibility index (Phi) is 5.43. The monoisotopic (exact) mass is 317 g/mol. The maximum absolute atomic E-state index is 13.6. The van der Waals surface area contributed by atoms with Gasteiger partial charge in [-0.1, -0.05) is 6.07 Å². The summed E-state index contributed by atoms with van der Waals surface area (Å²) >= 11 is 0. The summed E-state index contributed by atoms with van der Waals surface area (Å²) in [5, 5.41) is 2.46. The van der Waals surface area contributed by atoms with Gasteiger partial charge in [-0.3, -0.25) is 4.79 Å². The summed E-state index contributed by atoms with van der Waals surface area (Å²) < 4.78 is 40.4. The normalized spacial score (nSPS) is 12.2. The van der Waals surface area contributed by atoms with Gasteiger partial charge in [-0.2, -0.15) is 0 Å². The van der Waals surface area contributed by atoms with Crippen molar-refractivity contribution < 1.29 is 17.6 Å². The summed E-state index contributed by atoms with van der Waals surface area (Å²) in [6.45, 7) is 2.85. The number of nitrogens with one attached hydrogen (secondary N) is 2. The van der Waals surface area contributed by atoms with Crippen LogP contribution < -0.4 is 15.8 Å². The fourth-order valence-electron chi connectivity index (χ4n) is 1.76. The minimum Gasteiger partial charge on any atom is -0.359 e. The van der Waals surface area contributed by atoms with Crippen LogP contribution in [-0.2, 0) is 21.4 Å². The van der Waals surface area contributed by atoms with Crippen LogP contribution in [0.3, 0.4) is 0 Å². The van der Waals surface area contributed by atoms with Crippen LogP contribution in [0.2, 0.25) is 0 Å². The number of nitrogens with two attached hydrogens (primary N) is 1. The van der Waals surface area contributed by atoms with Crippen LogP contribution in [0.25, 0.3) is 0 Å². The molecule has 8 heteroatoms. The smallest absolute Gasteiger partial charge is 0.241 e. The van der Waals surface area contributed by atoms with E-state index in [2.05, 4.69) is 10.0 Å². The Morgan fingerprint density at radius 2 is 2.00 bits per heavy atom. The molecule has 118 valence electrons. The van der Waals surface area contributed by atoms with Crippen molar-refractivity contribution in [2.24, 2.45) is 11.1 Å². The van der Waals surface area contributed by atoms with Gasteiger partial charge in [0.1, 0.15) is 5.82 Å². The van der Waals surface area contributed by atoms with E-state index in [1.807, 2.05) is 0 Å². The molecule has 0 spiro atoms. The second-order valence-electron chi connectivity index (χ2n) is 5.21. The number of rotatable bonds is 6. The molecule has 1 aromatic carbocycles. The van der Waals surface area contributed by atoms with E-state index in [9.17, 15) is 17.6 Å². The lowest BCUT2D eigenvalue weighted by Crippen LogP contribution is -2.43. The molecule has 0 saturated heterocycles. The SMILES string of the molecule is CNC(=O)C(C)(C)CNS(=O)(=O)c1cccc(F)c1CN. The van der Waals surface area contributed by atoms with Gasteiger partial charge in [-0.25, -0.2) is 17.5 Å². The van der Waals surface area contributed by atoms with Crippen molar-refractivity contribution in [3.63, 3.8) is 0 Å². The van der Waals surface area contributed by atoms with Crippen molar-refractivity contribution in [2.45, 2.75) is 25.3 Å². The molecule has 0 heterocycles. The third kappa shape index (κ3) is 3.99. The van der Waals surface area contributed by atoms with Crippen LogP contribution >= 0.6 is 0 Å². The molecule has 0 unspecified atom stereocenters. The Labute approximate surface area is 124 Å². The van der Waals surface area contributed by atoms with Crippen LogP contribution in [-0.4, -0.2) is 27.9 Å². The van der Waals surface area contributed by atoms with Crippen LogP contribution in [0, 0.1) is 11.2 Å². The molecule has 0 bridgehead atoms. The van der Waals surface area contributed by atoms with E-state index < -0.39 is 21.3 Å². The first-order chi connectivity index (χ1) is 9.65. The summed E-state index contributed by atoms with van der Waals surface area (Å²) in [6.07, 6.45) is 0. The Bertz CT molecular complexity index is 630. The van der Waals surface area contributed by atoms with E-state index >= 15 is 0 Å². The standard InChI is InChI=1S/C13H20FN3O3S/c1-13(2,12(18)16-3)8-17-21(19,20)11-6-4-5-10(14)9(11)7-15/h4-6,17H,7-8,15H2,1-3H3,(H,16,18). The highest BCUT2D eigenvalue weighted by molar-refractivity contribution is 7.89.